The van der Waals surface area contributed by atoms with Crippen LogP contribution in [0.2, 0.25) is 0 Å². The monoisotopic (exact) mass is 483 g/mol. The lowest BCUT2D eigenvalue weighted by atomic mass is 9.69. The number of pyridine rings is 1. The largest absolute Gasteiger partial charge is 0.507 e. The van der Waals surface area contributed by atoms with E-state index in [1.807, 2.05) is 18.2 Å². The Kier molecular flexibility index (Phi) is 6.38. The Labute approximate surface area is 201 Å². The third-order valence-electron chi connectivity index (χ3n) is 7.18. The van der Waals surface area contributed by atoms with Crippen molar-refractivity contribution in [3.05, 3.63) is 42.5 Å². The van der Waals surface area contributed by atoms with E-state index < -0.39 is 12.1 Å². The number of fused-ring (bicyclic) bond motifs is 2. The number of benzene rings is 1. The van der Waals surface area contributed by atoms with Crippen LogP contribution in [0.5, 0.6) is 5.75 Å². The van der Waals surface area contributed by atoms with Gasteiger partial charge in [0.25, 0.3) is 0 Å². The second kappa shape index (κ2) is 9.44. The highest BCUT2D eigenvalue weighted by Gasteiger charge is 2.42. The zero-order chi connectivity index (χ0) is 23.8. The molecule has 2 saturated carbocycles. The molecule has 3 aromatic rings. The van der Waals surface area contributed by atoms with Crippen LogP contribution >= 0.6 is 11.8 Å². The van der Waals surface area contributed by atoms with E-state index in [1.54, 1.807) is 30.5 Å². The zero-order valence-electron chi connectivity index (χ0n) is 19.2. The van der Waals surface area contributed by atoms with Crippen molar-refractivity contribution in [2.75, 3.05) is 18.2 Å². The van der Waals surface area contributed by atoms with Gasteiger partial charge in [0, 0.05) is 13.1 Å². The molecule has 0 unspecified atom stereocenters. The molecule has 2 aliphatic rings. The van der Waals surface area contributed by atoms with E-state index in [2.05, 4.69) is 20.2 Å². The number of alkyl halides is 1. The van der Waals surface area contributed by atoms with Crippen molar-refractivity contribution in [3.63, 3.8) is 0 Å². The molecule has 2 bridgehead atoms. The first kappa shape index (κ1) is 23.0. The molecule has 0 aliphatic heterocycles. The molecular weight excluding hydrogens is 456 g/mol. The van der Waals surface area contributed by atoms with Crippen LogP contribution < -0.4 is 4.90 Å². The molecule has 2 fully saturated rings. The van der Waals surface area contributed by atoms with Crippen molar-refractivity contribution >= 4 is 17.6 Å². The molecule has 0 spiro atoms. The summed E-state index contributed by atoms with van der Waals surface area (Å²) >= 11 is 1.35. The Morgan fingerprint density at radius 2 is 1.94 bits per heavy atom. The molecule has 2 heterocycles. The molecule has 34 heavy (non-hydrogen) atoms. The number of phenolic OH excluding ortho intramolecular Hbond substituents is 1. The maximum absolute atomic E-state index is 15.1. The predicted molar refractivity (Wildman–Crippen MR) is 129 cm³/mol. The fourth-order valence-electron chi connectivity index (χ4n) is 5.36. The number of halogens is 2. The molecule has 6 nitrogen and oxygen atoms in total. The standard InChI is InChI=1S/C25H27F2N5OS/c1-32(19-9-14-4-3-5-16(8-14)24(19)27)22-13-28-25(31-30-22)18-7-6-15(10-20(18)33)17-11-21(26)29-23(12-17)34-2/h6-7,10-14,16,19,24,33H,3-5,8-9H2,1-2H3/t14-,16+,19+,24-/m1/s1. The van der Waals surface area contributed by atoms with Crippen LogP contribution in [0.15, 0.2) is 41.6 Å². The van der Waals surface area contributed by atoms with Crippen molar-refractivity contribution in [1.82, 2.24) is 20.2 Å². The molecule has 5 rings (SSSR count). The number of anilines is 1. The van der Waals surface area contributed by atoms with Gasteiger partial charge in [-0.1, -0.05) is 18.9 Å². The van der Waals surface area contributed by atoms with Crippen molar-refractivity contribution in [2.45, 2.75) is 49.3 Å². The van der Waals surface area contributed by atoms with Gasteiger partial charge in [-0.15, -0.1) is 22.0 Å². The van der Waals surface area contributed by atoms with Crippen molar-refractivity contribution in [3.8, 4) is 28.3 Å². The van der Waals surface area contributed by atoms with Crippen LogP contribution in [-0.4, -0.2) is 50.8 Å². The summed E-state index contributed by atoms with van der Waals surface area (Å²) in [6, 6.07) is 7.88. The van der Waals surface area contributed by atoms with Gasteiger partial charge in [0.05, 0.1) is 22.8 Å². The second-order valence-electron chi connectivity index (χ2n) is 9.24. The number of thioether (sulfide) groups is 1. The van der Waals surface area contributed by atoms with E-state index in [0.29, 0.717) is 33.5 Å². The predicted octanol–water partition coefficient (Wildman–Crippen LogP) is 5.52. The number of nitrogens with zero attached hydrogens (tertiary/aromatic N) is 5. The summed E-state index contributed by atoms with van der Waals surface area (Å²) in [5.41, 5.74) is 1.69. The molecule has 2 aliphatic carbocycles. The number of aromatic nitrogens is 4. The highest BCUT2D eigenvalue weighted by molar-refractivity contribution is 7.98. The van der Waals surface area contributed by atoms with E-state index in [4.69, 9.17) is 0 Å². The van der Waals surface area contributed by atoms with Crippen LogP contribution in [0.4, 0.5) is 14.6 Å². The van der Waals surface area contributed by atoms with Gasteiger partial charge in [-0.05, 0) is 66.7 Å². The summed E-state index contributed by atoms with van der Waals surface area (Å²) in [5.74, 6) is 0.891. The first-order chi connectivity index (χ1) is 16.4. The van der Waals surface area contributed by atoms with Crippen LogP contribution in [0, 0.1) is 17.8 Å². The summed E-state index contributed by atoms with van der Waals surface area (Å²) in [5, 5.41) is 19.7. The van der Waals surface area contributed by atoms with E-state index in [1.165, 1.54) is 24.2 Å². The molecule has 2 aromatic heterocycles. The highest BCUT2D eigenvalue weighted by atomic mass is 32.2. The van der Waals surface area contributed by atoms with Gasteiger partial charge in [0.15, 0.2) is 11.6 Å². The summed E-state index contributed by atoms with van der Waals surface area (Å²) in [6.45, 7) is 0. The summed E-state index contributed by atoms with van der Waals surface area (Å²) in [7, 11) is 1.85. The molecule has 1 aromatic carbocycles. The highest BCUT2D eigenvalue weighted by Crippen LogP contribution is 2.43. The third-order valence-corrected chi connectivity index (χ3v) is 7.80. The number of hydrogen-bond donors (Lipinski definition) is 1. The second-order valence-corrected chi connectivity index (χ2v) is 10.1. The minimum atomic E-state index is -0.871. The molecule has 0 amide bonds. The minimum Gasteiger partial charge on any atom is -0.507 e. The van der Waals surface area contributed by atoms with Gasteiger partial charge in [0.2, 0.25) is 5.95 Å². The van der Waals surface area contributed by atoms with Crippen molar-refractivity contribution in [2.24, 2.45) is 11.8 Å². The van der Waals surface area contributed by atoms with E-state index in [-0.39, 0.29) is 23.5 Å². The lowest BCUT2D eigenvalue weighted by molar-refractivity contribution is 0.0656. The SMILES string of the molecule is CSc1cc(-c2ccc(-c3ncc(N(C)[C@H]4C[C@@H]5CCC[C@@H](C5)[C@H]4F)nn3)c(O)c2)cc(F)n1. The van der Waals surface area contributed by atoms with E-state index in [0.717, 1.165) is 25.7 Å². The normalized spacial score (nSPS) is 24.1. The average molecular weight is 484 g/mol. The molecule has 178 valence electrons. The van der Waals surface area contributed by atoms with Gasteiger partial charge >= 0.3 is 0 Å². The maximum atomic E-state index is 15.1. The van der Waals surface area contributed by atoms with Crippen LogP contribution in [-0.2, 0) is 0 Å². The Morgan fingerprint density at radius 3 is 2.68 bits per heavy atom. The fourth-order valence-corrected chi connectivity index (χ4v) is 5.78. The van der Waals surface area contributed by atoms with E-state index >= 15 is 4.39 Å². The lowest BCUT2D eigenvalue weighted by Gasteiger charge is -2.45. The molecule has 9 heteroatoms. The van der Waals surface area contributed by atoms with Crippen molar-refractivity contribution < 1.29 is 13.9 Å². The zero-order valence-corrected chi connectivity index (χ0v) is 20.0. The lowest BCUT2D eigenvalue weighted by Crippen LogP contribution is -2.49. The Hall–Kier alpha value is -2.81. The van der Waals surface area contributed by atoms with Gasteiger partial charge < -0.3 is 10.0 Å². The van der Waals surface area contributed by atoms with Crippen LogP contribution in [0.25, 0.3) is 22.5 Å². The molecule has 0 saturated heterocycles. The summed E-state index contributed by atoms with van der Waals surface area (Å²) in [4.78, 5) is 10.1. The molecule has 4 atom stereocenters. The summed E-state index contributed by atoms with van der Waals surface area (Å²) < 4.78 is 29.0. The maximum Gasteiger partial charge on any atom is 0.214 e. The number of hydrogen-bond acceptors (Lipinski definition) is 7. The average Bonchev–Trinajstić information content (AvgIpc) is 2.85. The Morgan fingerprint density at radius 1 is 1.09 bits per heavy atom. The third kappa shape index (κ3) is 4.45. The smallest absolute Gasteiger partial charge is 0.214 e. The number of rotatable bonds is 5. The molecule has 0 radical (unpaired) electrons. The fraction of sp³-hybridized carbons (Fsp3) is 0.440. The Bertz CT molecular complexity index is 1180. The van der Waals surface area contributed by atoms with E-state index in [9.17, 15) is 9.50 Å². The molecular formula is C25H27F2N5OS. The number of aromatic hydroxyl groups is 1. The quantitative estimate of drug-likeness (QED) is 0.378. The first-order valence-corrected chi connectivity index (χ1v) is 12.8. The van der Waals surface area contributed by atoms with Gasteiger partial charge in [-0.25, -0.2) is 14.4 Å². The van der Waals surface area contributed by atoms with Gasteiger partial charge in [0.1, 0.15) is 11.9 Å². The van der Waals surface area contributed by atoms with Crippen LogP contribution in [0.1, 0.15) is 32.1 Å². The Balaban J connectivity index is 1.36. The first-order valence-electron chi connectivity index (χ1n) is 11.5. The van der Waals surface area contributed by atoms with Crippen molar-refractivity contribution in [1.29, 1.82) is 0 Å². The van der Waals surface area contributed by atoms with Gasteiger partial charge in [-0.3, -0.25) is 0 Å². The molecule has 1 N–H and O–H groups in total. The minimum absolute atomic E-state index is 0.0349. The topological polar surface area (TPSA) is 75.0 Å². The van der Waals surface area contributed by atoms with Gasteiger partial charge in [-0.2, -0.15) is 4.39 Å². The van der Waals surface area contributed by atoms with Crippen LogP contribution in [0.3, 0.4) is 0 Å². The summed E-state index contributed by atoms with van der Waals surface area (Å²) in [6.07, 6.45) is 7.62. The number of phenols is 1.